The number of hydrogen-bond donors (Lipinski definition) is 1. The van der Waals surface area contributed by atoms with E-state index in [9.17, 15) is 0 Å². The third-order valence-corrected chi connectivity index (χ3v) is 4.29. The predicted octanol–water partition coefficient (Wildman–Crippen LogP) is 4.23. The molecule has 1 aliphatic carbocycles. The summed E-state index contributed by atoms with van der Waals surface area (Å²) in [6.45, 7) is 13.1. The van der Waals surface area contributed by atoms with Crippen LogP contribution < -0.4 is 5.32 Å². The average Bonchev–Trinajstić information content (AvgIpc) is 2.24. The molecule has 0 bridgehead atoms. The van der Waals surface area contributed by atoms with E-state index < -0.39 is 0 Å². The first-order chi connectivity index (χ1) is 7.46. The molecule has 1 N–H and O–H groups in total. The van der Waals surface area contributed by atoms with E-state index in [2.05, 4.69) is 39.9 Å². The fourth-order valence-electron chi connectivity index (χ4n) is 3.36. The summed E-state index contributed by atoms with van der Waals surface area (Å²) in [6, 6.07) is 0.699. The van der Waals surface area contributed by atoms with Crippen molar-refractivity contribution in [3.63, 3.8) is 0 Å². The molecule has 0 amide bonds. The molecular weight excluding hydrogens is 194 g/mol. The van der Waals surface area contributed by atoms with Crippen LogP contribution in [0.2, 0.25) is 0 Å². The van der Waals surface area contributed by atoms with E-state index in [1.165, 1.54) is 38.6 Å². The van der Waals surface area contributed by atoms with Gasteiger partial charge in [-0.1, -0.05) is 40.5 Å². The normalized spacial score (nSPS) is 29.1. The fourth-order valence-corrected chi connectivity index (χ4v) is 3.36. The molecule has 0 aromatic carbocycles. The number of hydrogen-bond acceptors (Lipinski definition) is 1. The van der Waals surface area contributed by atoms with Gasteiger partial charge in [0, 0.05) is 6.04 Å². The molecule has 96 valence electrons. The van der Waals surface area contributed by atoms with Gasteiger partial charge >= 0.3 is 0 Å². The molecule has 1 aliphatic rings. The molecule has 1 saturated carbocycles. The summed E-state index contributed by atoms with van der Waals surface area (Å²) >= 11 is 0. The Bertz CT molecular complexity index is 192. The van der Waals surface area contributed by atoms with Crippen molar-refractivity contribution in [3.8, 4) is 0 Å². The Balaban J connectivity index is 2.59. The highest BCUT2D eigenvalue weighted by Crippen LogP contribution is 2.43. The largest absolute Gasteiger partial charge is 0.314 e. The lowest BCUT2D eigenvalue weighted by molar-refractivity contribution is 0.0840. The van der Waals surface area contributed by atoms with E-state index in [0.717, 1.165) is 11.8 Å². The van der Waals surface area contributed by atoms with E-state index >= 15 is 0 Å². The van der Waals surface area contributed by atoms with Crippen LogP contribution in [0.5, 0.6) is 0 Å². The van der Waals surface area contributed by atoms with Crippen LogP contribution in [0.15, 0.2) is 0 Å². The topological polar surface area (TPSA) is 12.0 Å². The van der Waals surface area contributed by atoms with Gasteiger partial charge < -0.3 is 5.32 Å². The van der Waals surface area contributed by atoms with Crippen molar-refractivity contribution in [2.75, 3.05) is 6.54 Å². The second kappa shape index (κ2) is 6.05. The second-order valence-electron chi connectivity index (χ2n) is 6.66. The first kappa shape index (κ1) is 14.0. The van der Waals surface area contributed by atoms with Gasteiger partial charge in [0.15, 0.2) is 0 Å². The molecule has 0 aromatic rings. The minimum Gasteiger partial charge on any atom is -0.314 e. The lowest BCUT2D eigenvalue weighted by Crippen LogP contribution is -2.43. The standard InChI is InChI=1S/C15H31N/c1-6-11-16-12(2)13-9-7-8-10-14(13)15(3,4)5/h12-14,16H,6-11H2,1-5H3. The van der Waals surface area contributed by atoms with E-state index in [1.807, 2.05) is 0 Å². The van der Waals surface area contributed by atoms with Crippen molar-refractivity contribution in [1.82, 2.24) is 5.32 Å². The van der Waals surface area contributed by atoms with E-state index in [4.69, 9.17) is 0 Å². The maximum absolute atomic E-state index is 3.70. The van der Waals surface area contributed by atoms with Crippen LogP contribution in [-0.4, -0.2) is 12.6 Å². The summed E-state index contributed by atoms with van der Waals surface area (Å²) in [7, 11) is 0. The van der Waals surface area contributed by atoms with Gasteiger partial charge in [0.1, 0.15) is 0 Å². The quantitative estimate of drug-likeness (QED) is 0.755. The van der Waals surface area contributed by atoms with Crippen LogP contribution in [0.3, 0.4) is 0 Å². The van der Waals surface area contributed by atoms with Crippen molar-refractivity contribution >= 4 is 0 Å². The second-order valence-corrected chi connectivity index (χ2v) is 6.66. The van der Waals surface area contributed by atoms with Gasteiger partial charge in [-0.05, 0) is 50.0 Å². The van der Waals surface area contributed by atoms with Gasteiger partial charge in [0.25, 0.3) is 0 Å². The van der Waals surface area contributed by atoms with Crippen molar-refractivity contribution in [1.29, 1.82) is 0 Å². The highest BCUT2D eigenvalue weighted by Gasteiger charge is 2.36. The molecule has 3 atom stereocenters. The molecule has 0 radical (unpaired) electrons. The minimum atomic E-state index is 0.479. The summed E-state index contributed by atoms with van der Waals surface area (Å²) in [4.78, 5) is 0. The van der Waals surface area contributed by atoms with Crippen LogP contribution in [0.1, 0.15) is 66.7 Å². The lowest BCUT2D eigenvalue weighted by Gasteiger charge is -2.43. The predicted molar refractivity (Wildman–Crippen MR) is 72.7 cm³/mol. The van der Waals surface area contributed by atoms with Gasteiger partial charge in [-0.2, -0.15) is 0 Å². The molecule has 0 heterocycles. The van der Waals surface area contributed by atoms with Crippen molar-refractivity contribution < 1.29 is 0 Å². The van der Waals surface area contributed by atoms with Gasteiger partial charge in [-0.3, -0.25) is 0 Å². The zero-order valence-corrected chi connectivity index (χ0v) is 12.0. The molecule has 3 unspecified atom stereocenters. The summed E-state index contributed by atoms with van der Waals surface area (Å²) in [6.07, 6.45) is 7.00. The maximum Gasteiger partial charge on any atom is 0.00698 e. The van der Waals surface area contributed by atoms with Gasteiger partial charge in [-0.25, -0.2) is 0 Å². The molecule has 0 aromatic heterocycles. The molecule has 0 spiro atoms. The summed E-state index contributed by atoms with van der Waals surface area (Å²) in [5.74, 6) is 1.79. The van der Waals surface area contributed by atoms with Crippen LogP contribution in [0, 0.1) is 17.3 Å². The molecule has 0 saturated heterocycles. The third-order valence-electron chi connectivity index (χ3n) is 4.29. The fraction of sp³-hybridized carbons (Fsp3) is 1.00. The summed E-state index contributed by atoms with van der Waals surface area (Å²) in [5, 5.41) is 3.70. The monoisotopic (exact) mass is 225 g/mol. The molecule has 1 fully saturated rings. The van der Waals surface area contributed by atoms with Crippen LogP contribution in [-0.2, 0) is 0 Å². The Labute approximate surface area is 102 Å². The molecule has 1 heteroatoms. The van der Waals surface area contributed by atoms with Gasteiger partial charge in [0.05, 0.1) is 0 Å². The molecule has 1 nitrogen and oxygen atoms in total. The minimum absolute atomic E-state index is 0.479. The first-order valence-electron chi connectivity index (χ1n) is 7.20. The Hall–Kier alpha value is -0.0400. The Morgan fingerprint density at radius 1 is 1.19 bits per heavy atom. The van der Waals surface area contributed by atoms with Gasteiger partial charge in [-0.15, -0.1) is 0 Å². The zero-order valence-electron chi connectivity index (χ0n) is 12.0. The highest BCUT2D eigenvalue weighted by molar-refractivity contribution is 4.88. The smallest absolute Gasteiger partial charge is 0.00698 e. The molecule has 1 rings (SSSR count). The average molecular weight is 225 g/mol. The summed E-state index contributed by atoms with van der Waals surface area (Å²) in [5.41, 5.74) is 0.479. The van der Waals surface area contributed by atoms with Crippen LogP contribution in [0.4, 0.5) is 0 Å². The Kier molecular flexibility index (Phi) is 5.30. The molecular formula is C15H31N. The first-order valence-corrected chi connectivity index (χ1v) is 7.20. The molecule has 16 heavy (non-hydrogen) atoms. The maximum atomic E-state index is 3.70. The Morgan fingerprint density at radius 2 is 1.81 bits per heavy atom. The lowest BCUT2D eigenvalue weighted by atomic mass is 9.64. The number of nitrogens with one attached hydrogen (secondary N) is 1. The summed E-state index contributed by atoms with van der Waals surface area (Å²) < 4.78 is 0. The molecule has 0 aliphatic heterocycles. The van der Waals surface area contributed by atoms with Crippen molar-refractivity contribution in [3.05, 3.63) is 0 Å². The third kappa shape index (κ3) is 3.76. The van der Waals surface area contributed by atoms with E-state index in [0.29, 0.717) is 11.5 Å². The van der Waals surface area contributed by atoms with Gasteiger partial charge in [0.2, 0.25) is 0 Å². The Morgan fingerprint density at radius 3 is 2.38 bits per heavy atom. The van der Waals surface area contributed by atoms with Crippen LogP contribution >= 0.6 is 0 Å². The SMILES string of the molecule is CCCNC(C)C1CCCCC1C(C)(C)C. The van der Waals surface area contributed by atoms with Crippen molar-refractivity contribution in [2.24, 2.45) is 17.3 Å². The van der Waals surface area contributed by atoms with Crippen LogP contribution in [0.25, 0.3) is 0 Å². The van der Waals surface area contributed by atoms with E-state index in [-0.39, 0.29) is 0 Å². The highest BCUT2D eigenvalue weighted by atomic mass is 14.9. The van der Waals surface area contributed by atoms with Crippen molar-refractivity contribution in [2.45, 2.75) is 72.8 Å². The van der Waals surface area contributed by atoms with E-state index in [1.54, 1.807) is 0 Å². The number of rotatable bonds is 4. The zero-order chi connectivity index (χ0) is 12.2.